The Hall–Kier alpha value is -0.570. The van der Waals surface area contributed by atoms with E-state index in [1.165, 1.54) is 38.5 Å². The van der Waals surface area contributed by atoms with Gasteiger partial charge in [0, 0.05) is 12.1 Å². The molecule has 3 nitrogen and oxygen atoms in total. The van der Waals surface area contributed by atoms with Gasteiger partial charge in [0.05, 0.1) is 6.42 Å². The van der Waals surface area contributed by atoms with E-state index in [0.717, 1.165) is 0 Å². The third kappa shape index (κ3) is 2.71. The minimum atomic E-state index is -0.660. The highest BCUT2D eigenvalue weighted by Crippen LogP contribution is 2.35. The molecule has 80 valence electrons. The van der Waals surface area contributed by atoms with Crippen LogP contribution in [-0.2, 0) is 4.79 Å². The predicted molar refractivity (Wildman–Crippen MR) is 54.2 cm³/mol. The smallest absolute Gasteiger partial charge is 0.304 e. The fourth-order valence-electron chi connectivity index (χ4n) is 2.44. The van der Waals surface area contributed by atoms with Crippen molar-refractivity contribution < 1.29 is 9.90 Å². The predicted octanol–water partition coefficient (Wildman–Crippen LogP) is 1.77. The first-order chi connectivity index (χ1) is 6.75. The molecule has 2 saturated carbocycles. The Morgan fingerprint density at radius 3 is 2.43 bits per heavy atom. The van der Waals surface area contributed by atoms with Crippen LogP contribution in [0.1, 0.15) is 44.9 Å². The van der Waals surface area contributed by atoms with Crippen LogP contribution < -0.4 is 5.32 Å². The molecule has 0 spiro atoms. The standard InChI is InChI=1S/C11H19NO2/c13-11(14)7-10(8-5-6-8)12-9-3-1-2-4-9/h8-10,12H,1-7H2,(H,13,14). The van der Waals surface area contributed by atoms with Gasteiger partial charge in [0.1, 0.15) is 0 Å². The number of rotatable bonds is 5. The van der Waals surface area contributed by atoms with E-state index in [1.807, 2.05) is 0 Å². The van der Waals surface area contributed by atoms with Gasteiger partial charge >= 0.3 is 5.97 Å². The summed E-state index contributed by atoms with van der Waals surface area (Å²) in [4.78, 5) is 10.7. The van der Waals surface area contributed by atoms with E-state index in [9.17, 15) is 4.79 Å². The van der Waals surface area contributed by atoms with Gasteiger partial charge in [-0.3, -0.25) is 4.79 Å². The van der Waals surface area contributed by atoms with Crippen molar-refractivity contribution in [1.29, 1.82) is 0 Å². The Bertz CT molecular complexity index is 207. The number of hydrogen-bond acceptors (Lipinski definition) is 2. The van der Waals surface area contributed by atoms with Crippen LogP contribution in [0.4, 0.5) is 0 Å². The summed E-state index contributed by atoms with van der Waals surface area (Å²) in [5, 5.41) is 12.3. The van der Waals surface area contributed by atoms with Gasteiger partial charge < -0.3 is 10.4 Å². The summed E-state index contributed by atoms with van der Waals surface area (Å²) < 4.78 is 0. The molecule has 0 amide bonds. The van der Waals surface area contributed by atoms with Gasteiger partial charge in [0.25, 0.3) is 0 Å². The van der Waals surface area contributed by atoms with E-state index in [-0.39, 0.29) is 6.04 Å². The second-order valence-corrected chi connectivity index (χ2v) is 4.69. The number of carboxylic acid groups (broad SMARTS) is 1. The van der Waals surface area contributed by atoms with Crippen LogP contribution >= 0.6 is 0 Å². The molecule has 0 radical (unpaired) electrons. The molecule has 0 aromatic carbocycles. The number of hydrogen-bond donors (Lipinski definition) is 2. The molecule has 2 aliphatic rings. The average molecular weight is 197 g/mol. The normalized spacial score (nSPS) is 25.1. The topological polar surface area (TPSA) is 49.3 Å². The molecule has 0 aliphatic heterocycles. The zero-order valence-electron chi connectivity index (χ0n) is 8.54. The third-order valence-electron chi connectivity index (χ3n) is 3.39. The average Bonchev–Trinajstić information content (AvgIpc) is 2.85. The summed E-state index contributed by atoms with van der Waals surface area (Å²) in [5.74, 6) is -0.0147. The van der Waals surface area contributed by atoms with Crippen molar-refractivity contribution in [2.45, 2.75) is 57.0 Å². The molecular weight excluding hydrogens is 178 g/mol. The van der Waals surface area contributed by atoms with E-state index < -0.39 is 5.97 Å². The molecule has 0 aromatic rings. The van der Waals surface area contributed by atoms with Crippen LogP contribution in [0.3, 0.4) is 0 Å². The quantitative estimate of drug-likeness (QED) is 0.706. The van der Waals surface area contributed by atoms with E-state index in [1.54, 1.807) is 0 Å². The summed E-state index contributed by atoms with van der Waals surface area (Å²) >= 11 is 0. The highest BCUT2D eigenvalue weighted by atomic mass is 16.4. The fourth-order valence-corrected chi connectivity index (χ4v) is 2.44. The van der Waals surface area contributed by atoms with E-state index in [2.05, 4.69) is 5.32 Å². The summed E-state index contributed by atoms with van der Waals surface area (Å²) in [6, 6.07) is 0.843. The van der Waals surface area contributed by atoms with Crippen molar-refractivity contribution in [3.8, 4) is 0 Å². The zero-order valence-corrected chi connectivity index (χ0v) is 8.54. The largest absolute Gasteiger partial charge is 0.481 e. The monoisotopic (exact) mass is 197 g/mol. The highest BCUT2D eigenvalue weighted by Gasteiger charge is 2.34. The van der Waals surface area contributed by atoms with Crippen LogP contribution in [0.2, 0.25) is 0 Å². The lowest BCUT2D eigenvalue weighted by Gasteiger charge is -2.21. The van der Waals surface area contributed by atoms with Crippen LogP contribution in [0, 0.1) is 5.92 Å². The number of aliphatic carboxylic acids is 1. The maximum Gasteiger partial charge on any atom is 0.304 e. The molecule has 2 aliphatic carbocycles. The van der Waals surface area contributed by atoms with Crippen molar-refractivity contribution >= 4 is 5.97 Å². The van der Waals surface area contributed by atoms with E-state index in [4.69, 9.17) is 5.11 Å². The summed E-state index contributed by atoms with van der Waals surface area (Å²) in [6.07, 6.45) is 7.84. The van der Waals surface area contributed by atoms with Gasteiger partial charge in [-0.05, 0) is 31.6 Å². The first kappa shape index (κ1) is 9.97. The van der Waals surface area contributed by atoms with Crippen molar-refractivity contribution in [3.05, 3.63) is 0 Å². The molecule has 2 fully saturated rings. The lowest BCUT2D eigenvalue weighted by Crippen LogP contribution is -2.39. The maximum absolute atomic E-state index is 10.7. The van der Waals surface area contributed by atoms with Crippen LogP contribution in [-0.4, -0.2) is 23.2 Å². The van der Waals surface area contributed by atoms with Crippen molar-refractivity contribution in [2.75, 3.05) is 0 Å². The number of nitrogens with one attached hydrogen (secondary N) is 1. The van der Waals surface area contributed by atoms with E-state index >= 15 is 0 Å². The highest BCUT2D eigenvalue weighted by molar-refractivity contribution is 5.67. The van der Waals surface area contributed by atoms with Crippen LogP contribution in [0.25, 0.3) is 0 Å². The maximum atomic E-state index is 10.7. The molecule has 1 unspecified atom stereocenters. The first-order valence-electron chi connectivity index (χ1n) is 5.73. The van der Waals surface area contributed by atoms with Gasteiger partial charge in [-0.1, -0.05) is 12.8 Å². The Labute approximate surface area is 84.9 Å². The molecule has 3 heteroatoms. The van der Waals surface area contributed by atoms with Gasteiger partial charge in [0.15, 0.2) is 0 Å². The van der Waals surface area contributed by atoms with Crippen LogP contribution in [0.5, 0.6) is 0 Å². The Balaban J connectivity index is 1.80. The molecule has 0 heterocycles. The fraction of sp³-hybridized carbons (Fsp3) is 0.909. The minimum Gasteiger partial charge on any atom is -0.481 e. The Morgan fingerprint density at radius 1 is 1.29 bits per heavy atom. The van der Waals surface area contributed by atoms with Gasteiger partial charge in [-0.15, -0.1) is 0 Å². The summed E-state index contributed by atoms with van der Waals surface area (Å²) in [6.45, 7) is 0. The molecular formula is C11H19NO2. The summed E-state index contributed by atoms with van der Waals surface area (Å²) in [5.41, 5.74) is 0. The molecule has 2 rings (SSSR count). The zero-order chi connectivity index (χ0) is 9.97. The molecule has 0 saturated heterocycles. The summed E-state index contributed by atoms with van der Waals surface area (Å²) in [7, 11) is 0. The van der Waals surface area contributed by atoms with Gasteiger partial charge in [-0.25, -0.2) is 0 Å². The van der Waals surface area contributed by atoms with Crippen molar-refractivity contribution in [3.63, 3.8) is 0 Å². The lowest BCUT2D eigenvalue weighted by molar-refractivity contribution is -0.137. The first-order valence-corrected chi connectivity index (χ1v) is 5.73. The number of carboxylic acids is 1. The second-order valence-electron chi connectivity index (χ2n) is 4.69. The molecule has 1 atom stereocenters. The van der Waals surface area contributed by atoms with Gasteiger partial charge in [-0.2, -0.15) is 0 Å². The molecule has 14 heavy (non-hydrogen) atoms. The lowest BCUT2D eigenvalue weighted by atomic mass is 10.1. The minimum absolute atomic E-state index is 0.246. The Kier molecular flexibility index (Phi) is 3.06. The Morgan fingerprint density at radius 2 is 1.93 bits per heavy atom. The van der Waals surface area contributed by atoms with Crippen molar-refractivity contribution in [2.24, 2.45) is 5.92 Å². The third-order valence-corrected chi connectivity index (χ3v) is 3.39. The van der Waals surface area contributed by atoms with Crippen molar-refractivity contribution in [1.82, 2.24) is 5.32 Å². The SMILES string of the molecule is O=C(O)CC(NC1CCCC1)C1CC1. The van der Waals surface area contributed by atoms with Gasteiger partial charge in [0.2, 0.25) is 0 Å². The molecule has 2 N–H and O–H groups in total. The second kappa shape index (κ2) is 4.30. The van der Waals surface area contributed by atoms with Crippen LogP contribution in [0.15, 0.2) is 0 Å². The molecule has 0 bridgehead atoms. The number of carbonyl (C=O) groups is 1. The van der Waals surface area contributed by atoms with E-state index in [0.29, 0.717) is 18.4 Å². The molecule has 0 aromatic heterocycles.